The zero-order chi connectivity index (χ0) is 38.9. The van der Waals surface area contributed by atoms with E-state index in [1.54, 1.807) is 0 Å². The zero-order valence-electron chi connectivity index (χ0n) is 33.7. The molecule has 0 radical (unpaired) electrons. The molecule has 53 heavy (non-hydrogen) atoms. The van der Waals surface area contributed by atoms with Crippen LogP contribution in [-0.2, 0) is 32.7 Å². The normalized spacial score (nSPS) is 13.8. The van der Waals surface area contributed by atoms with Crippen LogP contribution >= 0.6 is 7.82 Å². The molecule has 0 amide bonds. The molecule has 0 fully saturated rings. The average Bonchev–Trinajstić information content (AvgIpc) is 3.14. The summed E-state index contributed by atoms with van der Waals surface area (Å²) in [6, 6.07) is 0. The topological polar surface area (TPSA) is 134 Å². The highest BCUT2D eigenvalue weighted by Gasteiger charge is 2.25. The van der Waals surface area contributed by atoms with Gasteiger partial charge in [0.2, 0.25) is 0 Å². The molecule has 2 atom stereocenters. The summed E-state index contributed by atoms with van der Waals surface area (Å²) in [4.78, 5) is 34.8. The molecule has 1 unspecified atom stereocenters. The summed E-state index contributed by atoms with van der Waals surface area (Å²) in [5.74, 6) is -0.896. The van der Waals surface area contributed by atoms with E-state index in [1.165, 1.54) is 89.9 Å². The molecule has 0 aliphatic carbocycles. The number of phosphoric ester groups is 1. The van der Waals surface area contributed by atoms with E-state index < -0.39 is 32.5 Å². The van der Waals surface area contributed by atoms with E-state index in [-0.39, 0.29) is 32.6 Å². The lowest BCUT2D eigenvalue weighted by Crippen LogP contribution is -2.29. The molecule has 3 N–H and O–H groups in total. The van der Waals surface area contributed by atoms with Crippen LogP contribution in [0.25, 0.3) is 0 Å². The molecule has 0 saturated heterocycles. The number of phosphoric acid groups is 1. The van der Waals surface area contributed by atoms with E-state index in [4.69, 9.17) is 24.3 Å². The van der Waals surface area contributed by atoms with Crippen LogP contribution in [0.3, 0.4) is 0 Å². The predicted octanol–water partition coefficient (Wildman–Crippen LogP) is 11.9. The number of unbranched alkanes of at least 4 members (excludes halogenated alkanes) is 18. The molecule has 0 aliphatic rings. The Kier molecular flexibility index (Phi) is 38.1. The van der Waals surface area contributed by atoms with Crippen molar-refractivity contribution in [3.8, 4) is 0 Å². The van der Waals surface area contributed by atoms with Crippen LogP contribution in [-0.4, -0.2) is 49.3 Å². The second kappa shape index (κ2) is 39.7. The van der Waals surface area contributed by atoms with E-state index >= 15 is 0 Å². The number of esters is 2. The van der Waals surface area contributed by atoms with E-state index in [2.05, 4.69) is 62.5 Å². The Labute approximate surface area is 324 Å². The molecule has 9 nitrogen and oxygen atoms in total. The molecule has 0 bridgehead atoms. The van der Waals surface area contributed by atoms with Crippen molar-refractivity contribution in [3.05, 3.63) is 48.6 Å². The lowest BCUT2D eigenvalue weighted by atomic mass is 10.1. The molecule has 0 aromatic rings. The highest BCUT2D eigenvalue weighted by molar-refractivity contribution is 7.47. The smallest absolute Gasteiger partial charge is 0.462 e. The minimum Gasteiger partial charge on any atom is -0.462 e. The van der Waals surface area contributed by atoms with Gasteiger partial charge in [0.25, 0.3) is 0 Å². The third kappa shape index (κ3) is 39.5. The van der Waals surface area contributed by atoms with Gasteiger partial charge in [-0.1, -0.05) is 146 Å². The molecule has 0 aromatic heterocycles. The van der Waals surface area contributed by atoms with Crippen molar-refractivity contribution in [2.45, 2.75) is 187 Å². The molecule has 0 aliphatic heterocycles. The lowest BCUT2D eigenvalue weighted by Gasteiger charge is -2.19. The van der Waals surface area contributed by atoms with Crippen molar-refractivity contribution in [2.24, 2.45) is 5.73 Å². The van der Waals surface area contributed by atoms with Gasteiger partial charge in [0.15, 0.2) is 6.10 Å². The van der Waals surface area contributed by atoms with Crippen LogP contribution in [0, 0.1) is 0 Å². The van der Waals surface area contributed by atoms with Crippen LogP contribution in [0.1, 0.15) is 181 Å². The van der Waals surface area contributed by atoms with Crippen LogP contribution in [0.4, 0.5) is 0 Å². The quantitative estimate of drug-likeness (QED) is 0.0271. The van der Waals surface area contributed by atoms with Crippen molar-refractivity contribution in [2.75, 3.05) is 26.4 Å². The standard InChI is InChI=1S/C43H78NO8P/c1-3-5-7-9-11-13-15-17-19-20-22-23-25-27-29-31-33-35-42(45)49-39-41(40-51-53(47,48)50-38-37-44)52-43(46)36-34-32-30-28-26-24-21-18-16-14-12-10-8-6-4-2/h14,16-17,19,22-23,27,29,41H,3-13,15,18,20-21,24-26,28,30-40,44H2,1-2H3,(H,47,48)/t41-/m1/s1. The van der Waals surface area contributed by atoms with Gasteiger partial charge in [-0.25, -0.2) is 4.57 Å². The number of hydrogen-bond donors (Lipinski definition) is 2. The minimum atomic E-state index is -4.39. The predicted molar refractivity (Wildman–Crippen MR) is 220 cm³/mol. The molecule has 0 saturated carbocycles. The first-order valence-electron chi connectivity index (χ1n) is 21.1. The maximum Gasteiger partial charge on any atom is 0.472 e. The van der Waals surface area contributed by atoms with Crippen LogP contribution < -0.4 is 5.73 Å². The molecule has 0 heterocycles. The second-order valence-electron chi connectivity index (χ2n) is 13.8. The molecule has 0 rings (SSSR count). The molecule has 0 spiro atoms. The Morgan fingerprint density at radius 3 is 1.55 bits per heavy atom. The minimum absolute atomic E-state index is 0.0451. The Balaban J connectivity index is 4.26. The maximum absolute atomic E-state index is 12.6. The van der Waals surface area contributed by atoms with Gasteiger partial charge in [-0.2, -0.15) is 0 Å². The van der Waals surface area contributed by atoms with Gasteiger partial charge in [-0.05, 0) is 70.6 Å². The highest BCUT2D eigenvalue weighted by Crippen LogP contribution is 2.43. The van der Waals surface area contributed by atoms with Gasteiger partial charge in [-0.15, -0.1) is 0 Å². The monoisotopic (exact) mass is 768 g/mol. The van der Waals surface area contributed by atoms with Crippen LogP contribution in [0.5, 0.6) is 0 Å². The van der Waals surface area contributed by atoms with E-state index in [9.17, 15) is 19.0 Å². The maximum atomic E-state index is 12.6. The number of carbonyl (C=O) groups is 2. The SMILES string of the molecule is CCCCCCC=CCCCCCCCCCC(=O)O[C@H](COC(=O)CCCC=CCC=CCC=CCCCCCCCC)COP(=O)(O)OCCN. The second-order valence-corrected chi connectivity index (χ2v) is 15.3. The summed E-state index contributed by atoms with van der Waals surface area (Å²) in [6.45, 7) is 3.64. The zero-order valence-corrected chi connectivity index (χ0v) is 34.6. The van der Waals surface area contributed by atoms with E-state index in [0.29, 0.717) is 12.8 Å². The van der Waals surface area contributed by atoms with Crippen molar-refractivity contribution in [1.82, 2.24) is 0 Å². The first-order valence-corrected chi connectivity index (χ1v) is 22.6. The molecular formula is C43H78NO8P. The summed E-state index contributed by atoms with van der Waals surface area (Å²) in [5, 5.41) is 0. The summed E-state index contributed by atoms with van der Waals surface area (Å²) < 4.78 is 32.7. The van der Waals surface area contributed by atoms with Crippen molar-refractivity contribution in [3.63, 3.8) is 0 Å². The van der Waals surface area contributed by atoms with Gasteiger partial charge >= 0.3 is 19.8 Å². The molecule has 0 aromatic carbocycles. The number of carbonyl (C=O) groups excluding carboxylic acids is 2. The lowest BCUT2D eigenvalue weighted by molar-refractivity contribution is -0.161. The first kappa shape index (κ1) is 51.0. The fourth-order valence-corrected chi connectivity index (χ4v) is 6.29. The summed E-state index contributed by atoms with van der Waals surface area (Å²) in [5.41, 5.74) is 5.34. The van der Waals surface area contributed by atoms with E-state index in [0.717, 1.165) is 51.4 Å². The average molecular weight is 768 g/mol. The Hall–Kier alpha value is -2.03. The third-order valence-corrected chi connectivity index (χ3v) is 9.67. The Morgan fingerprint density at radius 1 is 0.566 bits per heavy atom. The molecule has 308 valence electrons. The first-order chi connectivity index (χ1) is 25.8. The van der Waals surface area contributed by atoms with Crippen LogP contribution in [0.15, 0.2) is 48.6 Å². The van der Waals surface area contributed by atoms with Gasteiger partial charge in [0.05, 0.1) is 13.2 Å². The largest absolute Gasteiger partial charge is 0.472 e. The number of allylic oxidation sites excluding steroid dienone is 8. The van der Waals surface area contributed by atoms with Crippen LogP contribution in [0.2, 0.25) is 0 Å². The number of hydrogen-bond acceptors (Lipinski definition) is 8. The molecule has 10 heteroatoms. The number of ether oxygens (including phenoxy) is 2. The summed E-state index contributed by atoms with van der Waals surface area (Å²) in [6.07, 6.45) is 44.3. The molecular weight excluding hydrogens is 689 g/mol. The van der Waals surface area contributed by atoms with Gasteiger partial charge in [0.1, 0.15) is 6.61 Å². The van der Waals surface area contributed by atoms with Crippen molar-refractivity contribution < 1.29 is 37.6 Å². The number of nitrogens with two attached hydrogens (primary N) is 1. The van der Waals surface area contributed by atoms with Gasteiger partial charge < -0.3 is 20.1 Å². The Morgan fingerprint density at radius 2 is 1.00 bits per heavy atom. The highest BCUT2D eigenvalue weighted by atomic mass is 31.2. The van der Waals surface area contributed by atoms with Gasteiger partial charge in [-0.3, -0.25) is 18.6 Å². The van der Waals surface area contributed by atoms with Gasteiger partial charge in [0, 0.05) is 19.4 Å². The summed E-state index contributed by atoms with van der Waals surface area (Å²) in [7, 11) is -4.39. The van der Waals surface area contributed by atoms with E-state index in [1.807, 2.05) is 0 Å². The summed E-state index contributed by atoms with van der Waals surface area (Å²) >= 11 is 0. The van der Waals surface area contributed by atoms with Crippen molar-refractivity contribution in [1.29, 1.82) is 0 Å². The fraction of sp³-hybridized carbons (Fsp3) is 0.767. The number of rotatable bonds is 39. The van der Waals surface area contributed by atoms with Crippen molar-refractivity contribution >= 4 is 19.8 Å². The third-order valence-electron chi connectivity index (χ3n) is 8.69. The fourth-order valence-electron chi connectivity index (χ4n) is 5.53. The Bertz CT molecular complexity index is 1010.